The van der Waals surface area contributed by atoms with Crippen LogP contribution in [0.15, 0.2) is 30.3 Å². The maximum absolute atomic E-state index is 11.4. The molecule has 0 bridgehead atoms. The Morgan fingerprint density at radius 3 is 2.50 bits per heavy atom. The fraction of sp³-hybridized carbons (Fsp3) is 0.588. The lowest BCUT2D eigenvalue weighted by molar-refractivity contribution is -0.139. The predicted octanol–water partition coefficient (Wildman–Crippen LogP) is 3.10. The van der Waals surface area contributed by atoms with Gasteiger partial charge in [0.25, 0.3) is 0 Å². The second-order valence-electron chi connectivity index (χ2n) is 6.11. The number of rotatable bonds is 6. The molecular weight excluding hydrogens is 250 g/mol. The molecular formula is C17H25NO2. The monoisotopic (exact) mass is 275 g/mol. The number of hydrogen-bond acceptors (Lipinski definition) is 2. The summed E-state index contributed by atoms with van der Waals surface area (Å²) in [4.78, 5) is 11.4. The molecule has 0 amide bonds. The van der Waals surface area contributed by atoms with Crippen molar-refractivity contribution in [3.63, 3.8) is 0 Å². The summed E-state index contributed by atoms with van der Waals surface area (Å²) in [7, 11) is 0. The molecule has 0 heterocycles. The van der Waals surface area contributed by atoms with E-state index in [0.717, 1.165) is 18.0 Å². The third-order valence-corrected chi connectivity index (χ3v) is 4.37. The molecule has 1 atom stereocenters. The van der Waals surface area contributed by atoms with Crippen LogP contribution in [0.1, 0.15) is 38.2 Å². The van der Waals surface area contributed by atoms with E-state index in [0.29, 0.717) is 12.3 Å². The van der Waals surface area contributed by atoms with Crippen LogP contribution >= 0.6 is 0 Å². The SMILES string of the molecule is CC1CCC(CNC(Cc2ccccc2)C(=O)O)CC1. The first-order chi connectivity index (χ1) is 9.65. The highest BCUT2D eigenvalue weighted by molar-refractivity contribution is 5.73. The molecule has 0 aliphatic heterocycles. The Balaban J connectivity index is 1.82. The average molecular weight is 275 g/mol. The van der Waals surface area contributed by atoms with E-state index in [1.54, 1.807) is 0 Å². The van der Waals surface area contributed by atoms with Crippen LogP contribution in [0, 0.1) is 11.8 Å². The fourth-order valence-electron chi connectivity index (χ4n) is 2.94. The Bertz CT molecular complexity index is 410. The van der Waals surface area contributed by atoms with Crippen LogP contribution < -0.4 is 5.32 Å². The quantitative estimate of drug-likeness (QED) is 0.838. The zero-order valence-corrected chi connectivity index (χ0v) is 12.2. The number of benzene rings is 1. The lowest BCUT2D eigenvalue weighted by atomic mass is 9.83. The summed E-state index contributed by atoms with van der Waals surface area (Å²) in [5.41, 5.74) is 1.07. The molecule has 20 heavy (non-hydrogen) atoms. The van der Waals surface area contributed by atoms with E-state index in [1.807, 2.05) is 30.3 Å². The second-order valence-corrected chi connectivity index (χ2v) is 6.11. The zero-order chi connectivity index (χ0) is 14.4. The molecule has 1 aromatic rings. The van der Waals surface area contributed by atoms with Crippen molar-refractivity contribution in [2.75, 3.05) is 6.54 Å². The lowest BCUT2D eigenvalue weighted by Gasteiger charge is -2.27. The first-order valence-corrected chi connectivity index (χ1v) is 7.65. The Hall–Kier alpha value is -1.35. The number of carbonyl (C=O) groups is 1. The smallest absolute Gasteiger partial charge is 0.321 e. The number of hydrogen-bond donors (Lipinski definition) is 2. The van der Waals surface area contributed by atoms with E-state index in [1.165, 1.54) is 25.7 Å². The fourth-order valence-corrected chi connectivity index (χ4v) is 2.94. The summed E-state index contributed by atoms with van der Waals surface area (Å²) in [6, 6.07) is 9.36. The molecule has 3 heteroatoms. The van der Waals surface area contributed by atoms with Gasteiger partial charge >= 0.3 is 5.97 Å². The van der Waals surface area contributed by atoms with Gasteiger partial charge in [0.15, 0.2) is 0 Å². The summed E-state index contributed by atoms with van der Waals surface area (Å²) in [5, 5.41) is 12.6. The van der Waals surface area contributed by atoms with Crippen molar-refractivity contribution in [3.8, 4) is 0 Å². The van der Waals surface area contributed by atoms with Crippen LogP contribution in [0.25, 0.3) is 0 Å². The van der Waals surface area contributed by atoms with Gasteiger partial charge in [0.2, 0.25) is 0 Å². The average Bonchev–Trinajstić information content (AvgIpc) is 2.46. The minimum atomic E-state index is -0.752. The third-order valence-electron chi connectivity index (χ3n) is 4.37. The number of nitrogens with one attached hydrogen (secondary N) is 1. The number of carboxylic acid groups (broad SMARTS) is 1. The summed E-state index contributed by atoms with van der Waals surface area (Å²) in [6.07, 6.45) is 5.57. The van der Waals surface area contributed by atoms with Crippen molar-refractivity contribution >= 4 is 5.97 Å². The van der Waals surface area contributed by atoms with Gasteiger partial charge in [-0.2, -0.15) is 0 Å². The van der Waals surface area contributed by atoms with Crippen LogP contribution in [-0.4, -0.2) is 23.7 Å². The zero-order valence-electron chi connectivity index (χ0n) is 12.2. The maximum atomic E-state index is 11.4. The highest BCUT2D eigenvalue weighted by Crippen LogP contribution is 2.27. The summed E-state index contributed by atoms with van der Waals surface area (Å²) < 4.78 is 0. The molecule has 0 aromatic heterocycles. The minimum absolute atomic E-state index is 0.475. The molecule has 1 unspecified atom stereocenters. The van der Waals surface area contributed by atoms with Crippen molar-refractivity contribution in [3.05, 3.63) is 35.9 Å². The lowest BCUT2D eigenvalue weighted by Crippen LogP contribution is -2.41. The second kappa shape index (κ2) is 7.44. The molecule has 0 spiro atoms. The van der Waals surface area contributed by atoms with Crippen LogP contribution in [0.4, 0.5) is 0 Å². The molecule has 0 saturated heterocycles. The molecule has 1 aliphatic carbocycles. The van der Waals surface area contributed by atoms with Crippen LogP contribution in [0.5, 0.6) is 0 Å². The first-order valence-electron chi connectivity index (χ1n) is 7.65. The molecule has 110 valence electrons. The van der Waals surface area contributed by atoms with Crippen LogP contribution in [-0.2, 0) is 11.2 Å². The molecule has 1 aliphatic rings. The first kappa shape index (κ1) is 15.0. The highest BCUT2D eigenvalue weighted by Gasteiger charge is 2.22. The molecule has 2 N–H and O–H groups in total. The standard InChI is InChI=1S/C17H25NO2/c1-13-7-9-15(10-8-13)12-18-16(17(19)20)11-14-5-3-2-4-6-14/h2-6,13,15-16,18H,7-12H2,1H3,(H,19,20). The largest absolute Gasteiger partial charge is 0.480 e. The van der Waals surface area contributed by atoms with Crippen LogP contribution in [0.3, 0.4) is 0 Å². The predicted molar refractivity (Wildman–Crippen MR) is 80.7 cm³/mol. The number of aliphatic carboxylic acids is 1. The van der Waals surface area contributed by atoms with Gasteiger partial charge in [-0.1, -0.05) is 50.1 Å². The van der Waals surface area contributed by atoms with E-state index in [9.17, 15) is 9.90 Å². The van der Waals surface area contributed by atoms with Gasteiger partial charge in [-0.25, -0.2) is 0 Å². The minimum Gasteiger partial charge on any atom is -0.480 e. The van der Waals surface area contributed by atoms with E-state index in [2.05, 4.69) is 12.2 Å². The van der Waals surface area contributed by atoms with Crippen molar-refractivity contribution in [1.82, 2.24) is 5.32 Å². The van der Waals surface area contributed by atoms with Gasteiger partial charge in [-0.15, -0.1) is 0 Å². The van der Waals surface area contributed by atoms with Crippen molar-refractivity contribution < 1.29 is 9.90 Å². The molecule has 1 fully saturated rings. The Labute approximate surface area is 121 Å². The normalized spacial score (nSPS) is 24.2. The maximum Gasteiger partial charge on any atom is 0.321 e. The van der Waals surface area contributed by atoms with Crippen molar-refractivity contribution in [2.45, 2.75) is 45.1 Å². The summed E-state index contributed by atoms with van der Waals surface area (Å²) >= 11 is 0. The van der Waals surface area contributed by atoms with Gasteiger partial charge in [-0.05, 0) is 43.2 Å². The van der Waals surface area contributed by atoms with Crippen molar-refractivity contribution in [2.24, 2.45) is 11.8 Å². The third kappa shape index (κ3) is 4.64. The van der Waals surface area contributed by atoms with E-state index >= 15 is 0 Å². The van der Waals surface area contributed by atoms with E-state index in [4.69, 9.17) is 0 Å². The van der Waals surface area contributed by atoms with E-state index < -0.39 is 12.0 Å². The highest BCUT2D eigenvalue weighted by atomic mass is 16.4. The topological polar surface area (TPSA) is 49.3 Å². The van der Waals surface area contributed by atoms with Crippen LogP contribution in [0.2, 0.25) is 0 Å². The van der Waals surface area contributed by atoms with Gasteiger partial charge < -0.3 is 10.4 Å². The molecule has 3 nitrogen and oxygen atoms in total. The van der Waals surface area contributed by atoms with Gasteiger partial charge in [-0.3, -0.25) is 4.79 Å². The Kier molecular flexibility index (Phi) is 5.60. The molecule has 0 radical (unpaired) electrons. The van der Waals surface area contributed by atoms with Gasteiger partial charge in [0.05, 0.1) is 0 Å². The summed E-state index contributed by atoms with van der Waals surface area (Å²) in [6.45, 7) is 3.13. The molecule has 1 aromatic carbocycles. The summed E-state index contributed by atoms with van der Waals surface area (Å²) in [5.74, 6) is 0.729. The van der Waals surface area contributed by atoms with Crippen molar-refractivity contribution in [1.29, 1.82) is 0 Å². The number of carboxylic acids is 1. The van der Waals surface area contributed by atoms with Gasteiger partial charge in [0.1, 0.15) is 6.04 Å². The van der Waals surface area contributed by atoms with Gasteiger partial charge in [0, 0.05) is 0 Å². The molecule has 2 rings (SSSR count). The molecule has 1 saturated carbocycles. The van der Waals surface area contributed by atoms with E-state index in [-0.39, 0.29) is 0 Å². The Morgan fingerprint density at radius 2 is 1.90 bits per heavy atom. The Morgan fingerprint density at radius 1 is 1.25 bits per heavy atom.